The quantitative estimate of drug-likeness (QED) is 0.120. The van der Waals surface area contributed by atoms with E-state index in [1.165, 1.54) is 30.3 Å². The van der Waals surface area contributed by atoms with Crippen LogP contribution >= 0.6 is 0 Å². The molecular weight excluding hydrogens is 581 g/mol. The van der Waals surface area contributed by atoms with E-state index in [0.717, 1.165) is 60.9 Å². The summed E-state index contributed by atoms with van der Waals surface area (Å²) in [7, 11) is 0. The number of ether oxygens (including phenoxy) is 1. The van der Waals surface area contributed by atoms with Crippen LogP contribution in [0.5, 0.6) is 5.75 Å². The number of halogens is 7. The summed E-state index contributed by atoms with van der Waals surface area (Å²) in [5.41, 5.74) is 1.04. The zero-order valence-electron chi connectivity index (χ0n) is 23.4. The molecule has 0 atom stereocenters. The van der Waals surface area contributed by atoms with Crippen molar-refractivity contribution in [2.45, 2.75) is 25.9 Å². The third-order valence-corrected chi connectivity index (χ3v) is 7.09. The highest BCUT2D eigenvalue weighted by atomic mass is 19.3. The molecule has 0 amide bonds. The van der Waals surface area contributed by atoms with Crippen LogP contribution in [0.15, 0.2) is 109 Å². The van der Waals surface area contributed by atoms with Crippen LogP contribution < -0.4 is 4.74 Å². The Bertz CT molecular complexity index is 1790. The number of aryl methyl sites for hydroxylation is 1. The largest absolute Gasteiger partial charge is 0.432 e. The normalized spacial score (nSPS) is 11.7. The molecule has 5 rings (SSSR count). The number of allylic oxidation sites excluding steroid dienone is 2. The monoisotopic (exact) mass is 606 g/mol. The van der Waals surface area contributed by atoms with Crippen LogP contribution in [0.4, 0.5) is 30.7 Å². The number of hydrogen-bond acceptors (Lipinski definition) is 1. The van der Waals surface area contributed by atoms with Crippen LogP contribution in [-0.2, 0) is 12.5 Å². The van der Waals surface area contributed by atoms with Gasteiger partial charge in [0.1, 0.15) is 28.8 Å². The molecule has 0 saturated heterocycles. The van der Waals surface area contributed by atoms with Crippen molar-refractivity contribution >= 4 is 0 Å². The Labute approximate surface area is 249 Å². The maximum absolute atomic E-state index is 15.0. The molecule has 0 unspecified atom stereocenters. The Morgan fingerprint density at radius 3 is 1.73 bits per heavy atom. The fourth-order valence-corrected chi connectivity index (χ4v) is 4.81. The second kappa shape index (κ2) is 12.8. The molecule has 224 valence electrons. The van der Waals surface area contributed by atoms with Gasteiger partial charge < -0.3 is 4.74 Å². The van der Waals surface area contributed by atoms with Gasteiger partial charge in [-0.05, 0) is 95.6 Å². The smallest absolute Gasteiger partial charge is 0.429 e. The molecule has 0 fully saturated rings. The lowest BCUT2D eigenvalue weighted by Gasteiger charge is -2.20. The third-order valence-electron chi connectivity index (χ3n) is 7.09. The summed E-state index contributed by atoms with van der Waals surface area (Å²) in [4.78, 5) is 0. The van der Waals surface area contributed by atoms with E-state index in [2.05, 4.69) is 0 Å². The summed E-state index contributed by atoms with van der Waals surface area (Å²) < 4.78 is 106. The predicted molar refractivity (Wildman–Crippen MR) is 157 cm³/mol. The van der Waals surface area contributed by atoms with Gasteiger partial charge in [-0.25, -0.2) is 22.0 Å². The topological polar surface area (TPSA) is 9.23 Å². The molecule has 44 heavy (non-hydrogen) atoms. The Morgan fingerprint density at radius 2 is 1.11 bits per heavy atom. The minimum atomic E-state index is -4.34. The van der Waals surface area contributed by atoms with Gasteiger partial charge in [0.2, 0.25) is 0 Å². The molecule has 0 spiro atoms. The zero-order valence-corrected chi connectivity index (χ0v) is 23.4. The van der Waals surface area contributed by atoms with Crippen LogP contribution in [0.1, 0.15) is 24.5 Å². The number of alkyl halides is 2. The Hall–Kier alpha value is -4.85. The van der Waals surface area contributed by atoms with E-state index >= 15 is 8.78 Å². The molecule has 0 aliphatic heterocycles. The molecule has 0 saturated carbocycles. The Morgan fingerprint density at radius 1 is 0.568 bits per heavy atom. The summed E-state index contributed by atoms with van der Waals surface area (Å²) in [5.74, 6) is -6.19. The van der Waals surface area contributed by atoms with Gasteiger partial charge in [0.25, 0.3) is 0 Å². The maximum Gasteiger partial charge on any atom is 0.432 e. The average molecular weight is 607 g/mol. The molecule has 0 bridgehead atoms. The fraction of sp³-hybridized carbons (Fsp3) is 0.111. The molecule has 8 heteroatoms. The van der Waals surface area contributed by atoms with Gasteiger partial charge in [-0.1, -0.05) is 66.7 Å². The summed E-state index contributed by atoms with van der Waals surface area (Å²) in [6.07, 6.45) is 1.26. The first-order valence-electron chi connectivity index (χ1n) is 13.7. The van der Waals surface area contributed by atoms with Crippen molar-refractivity contribution in [3.8, 4) is 39.1 Å². The standard InChI is InChI=1S/C36H25F7O/c1-2-3-4-5-22-6-8-24(9-7-22)27-20-33(40)35(34(41)21-27)36(42,43)44-28-14-10-23(11-15-28)25-12-16-29(31(38)18-25)26-13-17-30(37)32(39)19-26/h2-3,6-21H,4-5H2,1H3. The molecule has 5 aromatic carbocycles. The van der Waals surface area contributed by atoms with Crippen molar-refractivity contribution in [3.05, 3.63) is 149 Å². The molecule has 0 heterocycles. The van der Waals surface area contributed by atoms with E-state index in [4.69, 9.17) is 4.74 Å². The Balaban J connectivity index is 1.31. The van der Waals surface area contributed by atoms with Gasteiger partial charge in [-0.3, -0.25) is 0 Å². The van der Waals surface area contributed by atoms with Gasteiger partial charge in [0.05, 0.1) is 0 Å². The minimum absolute atomic E-state index is 0.0411. The van der Waals surface area contributed by atoms with E-state index < -0.39 is 40.8 Å². The number of benzene rings is 5. The lowest BCUT2D eigenvalue weighted by Crippen LogP contribution is -2.25. The summed E-state index contributed by atoms with van der Waals surface area (Å²) in [5, 5.41) is 0. The molecule has 0 aliphatic carbocycles. The van der Waals surface area contributed by atoms with Crippen LogP contribution in [-0.4, -0.2) is 0 Å². The van der Waals surface area contributed by atoms with Crippen LogP contribution in [0.25, 0.3) is 33.4 Å². The average Bonchev–Trinajstić information content (AvgIpc) is 2.99. The first kappa shape index (κ1) is 30.6. The van der Waals surface area contributed by atoms with E-state index in [1.807, 2.05) is 31.2 Å². The third kappa shape index (κ3) is 6.70. The molecule has 0 N–H and O–H groups in total. The highest BCUT2D eigenvalue weighted by molar-refractivity contribution is 5.71. The first-order chi connectivity index (χ1) is 21.1. The van der Waals surface area contributed by atoms with E-state index in [-0.39, 0.29) is 22.4 Å². The number of rotatable bonds is 9. The van der Waals surface area contributed by atoms with Gasteiger partial charge in [-0.15, -0.1) is 0 Å². The highest BCUT2D eigenvalue weighted by Crippen LogP contribution is 2.38. The Kier molecular flexibility index (Phi) is 8.90. The van der Waals surface area contributed by atoms with Crippen molar-refractivity contribution in [2.24, 2.45) is 0 Å². The summed E-state index contributed by atoms with van der Waals surface area (Å²) in [6.45, 7) is 1.93. The van der Waals surface area contributed by atoms with Crippen molar-refractivity contribution in [1.29, 1.82) is 0 Å². The molecule has 0 aliphatic rings. The molecule has 1 nitrogen and oxygen atoms in total. The van der Waals surface area contributed by atoms with Crippen molar-refractivity contribution in [2.75, 3.05) is 0 Å². The molecule has 0 aromatic heterocycles. The van der Waals surface area contributed by atoms with Crippen molar-refractivity contribution in [3.63, 3.8) is 0 Å². The molecule has 5 aromatic rings. The van der Waals surface area contributed by atoms with Gasteiger partial charge in [0.15, 0.2) is 11.6 Å². The second-order valence-electron chi connectivity index (χ2n) is 10.1. The highest BCUT2D eigenvalue weighted by Gasteiger charge is 2.41. The van der Waals surface area contributed by atoms with Gasteiger partial charge >= 0.3 is 6.11 Å². The SMILES string of the molecule is CC=CCCc1ccc(-c2cc(F)c(C(F)(F)Oc3ccc(-c4ccc(-c5ccc(F)c(F)c5)c(F)c4)cc3)c(F)c2)cc1. The fourth-order valence-electron chi connectivity index (χ4n) is 4.81. The molecule has 0 radical (unpaired) electrons. The lowest BCUT2D eigenvalue weighted by atomic mass is 9.99. The number of hydrogen-bond donors (Lipinski definition) is 0. The minimum Gasteiger partial charge on any atom is -0.429 e. The van der Waals surface area contributed by atoms with E-state index in [9.17, 15) is 22.0 Å². The van der Waals surface area contributed by atoms with Gasteiger partial charge in [-0.2, -0.15) is 8.78 Å². The summed E-state index contributed by atoms with van der Waals surface area (Å²) in [6, 6.07) is 20.8. The molecular formula is C36H25F7O. The first-order valence-corrected chi connectivity index (χ1v) is 13.7. The van der Waals surface area contributed by atoms with Crippen molar-refractivity contribution < 1.29 is 35.5 Å². The zero-order chi connectivity index (χ0) is 31.4. The second-order valence-corrected chi connectivity index (χ2v) is 10.1. The van der Waals surface area contributed by atoms with E-state index in [0.29, 0.717) is 16.7 Å². The van der Waals surface area contributed by atoms with Gasteiger partial charge in [0, 0.05) is 5.56 Å². The van der Waals surface area contributed by atoms with Crippen LogP contribution in [0.2, 0.25) is 0 Å². The summed E-state index contributed by atoms with van der Waals surface area (Å²) >= 11 is 0. The lowest BCUT2D eigenvalue weighted by molar-refractivity contribution is -0.189. The van der Waals surface area contributed by atoms with Crippen LogP contribution in [0.3, 0.4) is 0 Å². The van der Waals surface area contributed by atoms with E-state index in [1.54, 1.807) is 12.1 Å². The van der Waals surface area contributed by atoms with Crippen molar-refractivity contribution in [1.82, 2.24) is 0 Å². The predicted octanol–water partition coefficient (Wildman–Crippen LogP) is 11.0. The maximum atomic E-state index is 15.0. The van der Waals surface area contributed by atoms with Crippen LogP contribution in [0, 0.1) is 29.1 Å².